The second-order valence-corrected chi connectivity index (χ2v) is 7.07. The highest BCUT2D eigenvalue weighted by atomic mass is 16.2. The normalized spacial score (nSPS) is 12.8. The monoisotopic (exact) mass is 371 g/mol. The van der Waals surface area contributed by atoms with E-state index in [1.165, 1.54) is 0 Å². The molecule has 0 unspecified atom stereocenters. The maximum absolute atomic E-state index is 13.5. The lowest BCUT2D eigenvalue weighted by molar-refractivity contribution is 0.0408. The fourth-order valence-corrected chi connectivity index (χ4v) is 3.35. The average molecular weight is 371 g/mol. The van der Waals surface area contributed by atoms with E-state index in [0.29, 0.717) is 24.1 Å². The topological polar surface area (TPSA) is 37.4 Å². The summed E-state index contributed by atoms with van der Waals surface area (Å²) in [4.78, 5) is 28.7. The molecular weight excluding hydrogens is 346 g/mol. The van der Waals surface area contributed by atoms with E-state index in [1.54, 1.807) is 17.0 Å². The molecule has 0 spiro atoms. The van der Waals surface area contributed by atoms with E-state index in [-0.39, 0.29) is 11.7 Å². The summed E-state index contributed by atoms with van der Waals surface area (Å²) in [5.74, 6) is -0.186. The second-order valence-electron chi connectivity index (χ2n) is 7.07. The van der Waals surface area contributed by atoms with Crippen molar-refractivity contribution in [1.29, 1.82) is 0 Å². The van der Waals surface area contributed by atoms with Gasteiger partial charge >= 0.3 is 0 Å². The molecule has 0 aliphatic rings. The Morgan fingerprint density at radius 3 is 1.71 bits per heavy atom. The number of benzene rings is 3. The molecular formula is C25H25NO2. The van der Waals surface area contributed by atoms with Gasteiger partial charge in [0.15, 0.2) is 5.78 Å². The van der Waals surface area contributed by atoms with Gasteiger partial charge in [-0.05, 0) is 31.0 Å². The summed E-state index contributed by atoms with van der Waals surface area (Å²) in [6, 6.07) is 28.2. The van der Waals surface area contributed by atoms with Crippen LogP contribution >= 0.6 is 0 Å². The van der Waals surface area contributed by atoms with E-state index in [2.05, 4.69) is 0 Å². The Labute approximate surface area is 166 Å². The first kappa shape index (κ1) is 19.6. The van der Waals surface area contributed by atoms with Crippen LogP contribution in [0.5, 0.6) is 0 Å². The third-order valence-corrected chi connectivity index (χ3v) is 5.26. The predicted molar refractivity (Wildman–Crippen MR) is 112 cm³/mol. The molecule has 0 aliphatic heterocycles. The number of hydrogen-bond acceptors (Lipinski definition) is 2. The van der Waals surface area contributed by atoms with Crippen molar-refractivity contribution in [2.45, 2.75) is 32.4 Å². The average Bonchev–Trinajstić information content (AvgIpc) is 2.78. The Morgan fingerprint density at radius 2 is 1.21 bits per heavy atom. The highest BCUT2D eigenvalue weighted by Gasteiger charge is 2.41. The Morgan fingerprint density at radius 1 is 0.750 bits per heavy atom. The summed E-state index contributed by atoms with van der Waals surface area (Å²) < 4.78 is 0. The highest BCUT2D eigenvalue weighted by molar-refractivity contribution is 6.06. The molecule has 142 valence electrons. The van der Waals surface area contributed by atoms with Gasteiger partial charge in [-0.3, -0.25) is 9.59 Å². The molecule has 0 fully saturated rings. The molecule has 0 radical (unpaired) electrons. The van der Waals surface area contributed by atoms with Crippen molar-refractivity contribution in [2.24, 2.45) is 0 Å². The van der Waals surface area contributed by atoms with E-state index in [1.807, 2.05) is 92.7 Å². The van der Waals surface area contributed by atoms with Crippen LogP contribution in [-0.4, -0.2) is 22.1 Å². The minimum Gasteiger partial charge on any atom is -0.321 e. The Balaban J connectivity index is 2.05. The van der Waals surface area contributed by atoms with Crippen LogP contribution in [0.15, 0.2) is 91.0 Å². The zero-order valence-corrected chi connectivity index (χ0v) is 16.3. The Kier molecular flexibility index (Phi) is 6.05. The molecule has 3 aromatic rings. The standard InChI is InChI=1S/C25H25NO2/c1-3-25(2,23(27)21-15-9-5-10-16-21)26(19-20-13-7-4-8-14-20)24(28)22-17-11-6-12-18-22/h4-18H,3,19H2,1-2H3/t25-/m1/s1. The third kappa shape index (κ3) is 4.04. The van der Waals surface area contributed by atoms with E-state index in [4.69, 9.17) is 0 Å². The molecule has 0 saturated carbocycles. The van der Waals surface area contributed by atoms with Crippen molar-refractivity contribution in [2.75, 3.05) is 0 Å². The minimum atomic E-state index is -0.954. The van der Waals surface area contributed by atoms with Gasteiger partial charge in [-0.2, -0.15) is 0 Å². The molecule has 0 N–H and O–H groups in total. The Bertz CT molecular complexity index is 923. The lowest BCUT2D eigenvalue weighted by Crippen LogP contribution is -2.54. The van der Waals surface area contributed by atoms with E-state index < -0.39 is 5.54 Å². The maximum atomic E-state index is 13.5. The first-order chi connectivity index (χ1) is 13.6. The fourth-order valence-electron chi connectivity index (χ4n) is 3.35. The number of carbonyl (C=O) groups is 2. The van der Waals surface area contributed by atoms with Crippen LogP contribution in [0.25, 0.3) is 0 Å². The molecule has 3 heteroatoms. The molecule has 3 aromatic carbocycles. The number of amides is 1. The van der Waals surface area contributed by atoms with Crippen LogP contribution in [0, 0.1) is 0 Å². The van der Waals surface area contributed by atoms with Gasteiger partial charge in [0.1, 0.15) is 5.54 Å². The van der Waals surface area contributed by atoms with Gasteiger partial charge in [-0.15, -0.1) is 0 Å². The molecule has 28 heavy (non-hydrogen) atoms. The number of rotatable bonds is 7. The summed E-state index contributed by atoms with van der Waals surface area (Å²) in [6.07, 6.45) is 0.520. The quantitative estimate of drug-likeness (QED) is 0.523. The van der Waals surface area contributed by atoms with E-state index in [9.17, 15) is 9.59 Å². The summed E-state index contributed by atoms with van der Waals surface area (Å²) in [7, 11) is 0. The van der Waals surface area contributed by atoms with Crippen LogP contribution in [0.3, 0.4) is 0 Å². The minimum absolute atomic E-state index is 0.0455. The number of carbonyl (C=O) groups excluding carboxylic acids is 2. The first-order valence-corrected chi connectivity index (χ1v) is 9.57. The molecule has 1 atom stereocenters. The summed E-state index contributed by atoms with van der Waals surface area (Å²) in [6.45, 7) is 4.20. The largest absolute Gasteiger partial charge is 0.321 e. The predicted octanol–water partition coefficient (Wildman–Crippen LogP) is 5.38. The van der Waals surface area contributed by atoms with E-state index in [0.717, 1.165) is 5.56 Å². The molecule has 0 aliphatic carbocycles. The maximum Gasteiger partial charge on any atom is 0.254 e. The van der Waals surface area contributed by atoms with Crippen molar-refractivity contribution >= 4 is 11.7 Å². The van der Waals surface area contributed by atoms with Crippen LogP contribution < -0.4 is 0 Å². The lowest BCUT2D eigenvalue weighted by Gasteiger charge is -2.40. The highest BCUT2D eigenvalue weighted by Crippen LogP contribution is 2.28. The molecule has 3 rings (SSSR count). The molecule has 0 bridgehead atoms. The van der Waals surface area contributed by atoms with Crippen molar-refractivity contribution in [3.8, 4) is 0 Å². The molecule has 0 saturated heterocycles. The zero-order valence-electron chi connectivity index (χ0n) is 16.3. The van der Waals surface area contributed by atoms with E-state index >= 15 is 0 Å². The molecule has 0 aromatic heterocycles. The first-order valence-electron chi connectivity index (χ1n) is 9.57. The van der Waals surface area contributed by atoms with Gasteiger partial charge in [-0.25, -0.2) is 0 Å². The van der Waals surface area contributed by atoms with Crippen LogP contribution in [0.1, 0.15) is 46.5 Å². The summed E-state index contributed by atoms with van der Waals surface area (Å²) >= 11 is 0. The SMILES string of the molecule is CC[C@](C)(C(=O)c1ccccc1)N(Cc1ccccc1)C(=O)c1ccccc1. The molecule has 0 heterocycles. The summed E-state index contributed by atoms with van der Waals surface area (Å²) in [5.41, 5.74) is 1.24. The fraction of sp³-hybridized carbons (Fsp3) is 0.200. The number of Topliss-reactive ketones (excluding diaryl/α,β-unsaturated/α-hetero) is 1. The number of ketones is 1. The van der Waals surface area contributed by atoms with Crippen molar-refractivity contribution < 1.29 is 9.59 Å². The Hall–Kier alpha value is -3.20. The van der Waals surface area contributed by atoms with Gasteiger partial charge in [0.2, 0.25) is 0 Å². The molecule has 3 nitrogen and oxygen atoms in total. The number of hydrogen-bond donors (Lipinski definition) is 0. The van der Waals surface area contributed by atoms with Crippen molar-refractivity contribution in [3.05, 3.63) is 108 Å². The van der Waals surface area contributed by atoms with Gasteiger partial charge in [0, 0.05) is 17.7 Å². The van der Waals surface area contributed by atoms with Gasteiger partial charge in [0.25, 0.3) is 5.91 Å². The summed E-state index contributed by atoms with van der Waals surface area (Å²) in [5, 5.41) is 0. The van der Waals surface area contributed by atoms with Crippen LogP contribution in [-0.2, 0) is 6.54 Å². The smallest absolute Gasteiger partial charge is 0.254 e. The van der Waals surface area contributed by atoms with Crippen molar-refractivity contribution in [3.63, 3.8) is 0 Å². The van der Waals surface area contributed by atoms with Crippen molar-refractivity contribution in [1.82, 2.24) is 4.90 Å². The zero-order chi connectivity index (χ0) is 20.0. The van der Waals surface area contributed by atoms with Gasteiger partial charge < -0.3 is 4.90 Å². The second kappa shape index (κ2) is 8.66. The van der Waals surface area contributed by atoms with Gasteiger partial charge in [-0.1, -0.05) is 85.8 Å². The van der Waals surface area contributed by atoms with Gasteiger partial charge in [0.05, 0.1) is 0 Å². The lowest BCUT2D eigenvalue weighted by atomic mass is 9.85. The van der Waals surface area contributed by atoms with Crippen LogP contribution in [0.2, 0.25) is 0 Å². The number of nitrogens with zero attached hydrogens (tertiary/aromatic N) is 1. The third-order valence-electron chi connectivity index (χ3n) is 5.26. The van der Waals surface area contributed by atoms with Crippen LogP contribution in [0.4, 0.5) is 0 Å². The molecule has 1 amide bonds.